The fourth-order valence-corrected chi connectivity index (χ4v) is 4.75. The van der Waals surface area contributed by atoms with E-state index in [1.807, 2.05) is 29.2 Å². The molecule has 5 rings (SSSR count). The standard InChI is InChI=1S/C25H30N6O2/c32-24-21-8-4-5-9-22(21)27-23(28-24)18-29-12-14-30(15-13-29)25(33)26-16-19-10-11-31(17-19)20-6-2-1-3-7-20/h1-9,19H,10-18H2,(H,26,33)(H,27,28,32). The van der Waals surface area contributed by atoms with Crippen LogP contribution < -0.4 is 15.8 Å². The molecule has 8 nitrogen and oxygen atoms in total. The summed E-state index contributed by atoms with van der Waals surface area (Å²) in [5.41, 5.74) is 1.86. The maximum atomic E-state index is 12.7. The number of hydrogen-bond donors (Lipinski definition) is 2. The third-order valence-electron chi connectivity index (χ3n) is 6.64. The molecular weight excluding hydrogens is 416 g/mol. The van der Waals surface area contributed by atoms with Crippen molar-refractivity contribution in [2.24, 2.45) is 5.92 Å². The fraction of sp³-hybridized carbons (Fsp3) is 0.400. The van der Waals surface area contributed by atoms with Crippen LogP contribution in [0.3, 0.4) is 0 Å². The molecule has 0 spiro atoms. The van der Waals surface area contributed by atoms with Gasteiger partial charge in [0.1, 0.15) is 5.82 Å². The predicted octanol–water partition coefficient (Wildman–Crippen LogP) is 2.28. The van der Waals surface area contributed by atoms with Crippen LogP contribution >= 0.6 is 0 Å². The lowest BCUT2D eigenvalue weighted by Crippen LogP contribution is -2.52. The minimum Gasteiger partial charge on any atom is -0.371 e. The molecule has 1 atom stereocenters. The molecule has 1 unspecified atom stereocenters. The molecule has 33 heavy (non-hydrogen) atoms. The Morgan fingerprint density at radius 1 is 1.00 bits per heavy atom. The van der Waals surface area contributed by atoms with E-state index < -0.39 is 0 Å². The van der Waals surface area contributed by atoms with E-state index in [-0.39, 0.29) is 11.6 Å². The van der Waals surface area contributed by atoms with E-state index in [1.54, 1.807) is 6.07 Å². The van der Waals surface area contributed by atoms with Crippen LogP contribution in [0.1, 0.15) is 12.2 Å². The van der Waals surface area contributed by atoms with E-state index in [2.05, 4.69) is 49.4 Å². The van der Waals surface area contributed by atoms with Gasteiger partial charge in [0.05, 0.1) is 17.4 Å². The average Bonchev–Trinajstić information content (AvgIpc) is 3.33. The van der Waals surface area contributed by atoms with Crippen LogP contribution in [-0.4, -0.2) is 71.6 Å². The van der Waals surface area contributed by atoms with E-state index in [0.717, 1.165) is 32.6 Å². The Labute approximate surface area is 193 Å². The van der Waals surface area contributed by atoms with Crippen molar-refractivity contribution in [2.45, 2.75) is 13.0 Å². The first kappa shape index (κ1) is 21.5. The summed E-state index contributed by atoms with van der Waals surface area (Å²) < 4.78 is 0. The van der Waals surface area contributed by atoms with Gasteiger partial charge in [0.2, 0.25) is 0 Å². The zero-order valence-corrected chi connectivity index (χ0v) is 18.7. The van der Waals surface area contributed by atoms with Gasteiger partial charge in [-0.1, -0.05) is 30.3 Å². The summed E-state index contributed by atoms with van der Waals surface area (Å²) in [7, 11) is 0. The zero-order chi connectivity index (χ0) is 22.6. The normalized spacial score (nSPS) is 19.2. The number of hydrogen-bond acceptors (Lipinski definition) is 5. The van der Waals surface area contributed by atoms with Gasteiger partial charge in [-0.15, -0.1) is 0 Å². The number of benzene rings is 2. The molecule has 0 radical (unpaired) electrons. The lowest BCUT2D eigenvalue weighted by Gasteiger charge is -2.34. The van der Waals surface area contributed by atoms with E-state index in [0.29, 0.717) is 48.8 Å². The van der Waals surface area contributed by atoms with Gasteiger partial charge in [0.15, 0.2) is 0 Å². The first-order valence-electron chi connectivity index (χ1n) is 11.7. The molecule has 2 aliphatic rings. The molecule has 172 valence electrons. The number of rotatable bonds is 5. The van der Waals surface area contributed by atoms with Crippen molar-refractivity contribution in [3.05, 3.63) is 70.8 Å². The Morgan fingerprint density at radius 3 is 2.58 bits per heavy atom. The molecule has 1 aromatic heterocycles. The number of amides is 2. The smallest absolute Gasteiger partial charge is 0.317 e. The molecule has 0 saturated carbocycles. The van der Waals surface area contributed by atoms with Gasteiger partial charge < -0.3 is 20.1 Å². The number of carbonyl (C=O) groups excluding carboxylic acids is 1. The van der Waals surface area contributed by atoms with Crippen LogP contribution in [0.2, 0.25) is 0 Å². The topological polar surface area (TPSA) is 84.6 Å². The quantitative estimate of drug-likeness (QED) is 0.628. The van der Waals surface area contributed by atoms with E-state index in [4.69, 9.17) is 0 Å². The molecule has 0 bridgehead atoms. The Morgan fingerprint density at radius 2 is 1.76 bits per heavy atom. The van der Waals surface area contributed by atoms with Crippen molar-refractivity contribution in [1.29, 1.82) is 0 Å². The molecular formula is C25H30N6O2. The van der Waals surface area contributed by atoms with Gasteiger partial charge in [0, 0.05) is 51.5 Å². The van der Waals surface area contributed by atoms with Gasteiger partial charge in [-0.05, 0) is 36.6 Å². The van der Waals surface area contributed by atoms with Gasteiger partial charge >= 0.3 is 6.03 Å². The van der Waals surface area contributed by atoms with Crippen LogP contribution in [-0.2, 0) is 6.54 Å². The van der Waals surface area contributed by atoms with Crippen molar-refractivity contribution in [3.63, 3.8) is 0 Å². The van der Waals surface area contributed by atoms with Crippen molar-refractivity contribution < 1.29 is 4.79 Å². The van der Waals surface area contributed by atoms with Crippen LogP contribution in [0.15, 0.2) is 59.4 Å². The number of nitrogens with one attached hydrogen (secondary N) is 2. The van der Waals surface area contributed by atoms with Gasteiger partial charge in [-0.3, -0.25) is 9.69 Å². The largest absolute Gasteiger partial charge is 0.371 e. The second-order valence-electron chi connectivity index (χ2n) is 8.92. The summed E-state index contributed by atoms with van der Waals surface area (Å²) >= 11 is 0. The van der Waals surface area contributed by atoms with Gasteiger partial charge in [0.25, 0.3) is 5.56 Å². The number of para-hydroxylation sites is 2. The average molecular weight is 447 g/mol. The molecule has 3 aromatic rings. The second-order valence-corrected chi connectivity index (χ2v) is 8.92. The molecule has 2 saturated heterocycles. The van der Waals surface area contributed by atoms with Crippen molar-refractivity contribution >= 4 is 22.6 Å². The zero-order valence-electron chi connectivity index (χ0n) is 18.7. The van der Waals surface area contributed by atoms with Crippen molar-refractivity contribution in [2.75, 3.05) is 50.7 Å². The number of H-pyrrole nitrogens is 1. The Bertz CT molecular complexity index is 1160. The number of piperazine rings is 1. The van der Waals surface area contributed by atoms with Crippen LogP contribution in [0.4, 0.5) is 10.5 Å². The van der Waals surface area contributed by atoms with Gasteiger partial charge in [-0.2, -0.15) is 0 Å². The number of nitrogens with zero attached hydrogens (tertiary/aromatic N) is 4. The second kappa shape index (κ2) is 9.62. The van der Waals surface area contributed by atoms with Crippen molar-refractivity contribution in [3.8, 4) is 0 Å². The molecule has 2 fully saturated rings. The molecule has 2 aliphatic heterocycles. The van der Waals surface area contributed by atoms with Crippen LogP contribution in [0.25, 0.3) is 10.9 Å². The molecule has 2 aromatic carbocycles. The molecule has 3 heterocycles. The Hall–Kier alpha value is -3.39. The third-order valence-corrected chi connectivity index (χ3v) is 6.64. The van der Waals surface area contributed by atoms with Crippen LogP contribution in [0.5, 0.6) is 0 Å². The number of aromatic nitrogens is 2. The molecule has 0 aliphatic carbocycles. The maximum Gasteiger partial charge on any atom is 0.317 e. The summed E-state index contributed by atoms with van der Waals surface area (Å²) in [5.74, 6) is 1.15. The first-order valence-corrected chi connectivity index (χ1v) is 11.7. The monoisotopic (exact) mass is 446 g/mol. The summed E-state index contributed by atoms with van der Waals surface area (Å²) in [6.45, 7) is 6.17. The van der Waals surface area contributed by atoms with E-state index in [1.165, 1.54) is 5.69 Å². The number of urea groups is 1. The SMILES string of the molecule is O=C(NCC1CCN(c2ccccc2)C1)N1CCN(Cc2nc3ccccc3c(=O)[nH]2)CC1. The highest BCUT2D eigenvalue weighted by molar-refractivity contribution is 5.77. The molecule has 8 heteroatoms. The summed E-state index contributed by atoms with van der Waals surface area (Å²) in [4.78, 5) is 39.0. The highest BCUT2D eigenvalue weighted by Gasteiger charge is 2.25. The van der Waals surface area contributed by atoms with E-state index in [9.17, 15) is 9.59 Å². The summed E-state index contributed by atoms with van der Waals surface area (Å²) in [6.07, 6.45) is 1.10. The predicted molar refractivity (Wildman–Crippen MR) is 129 cm³/mol. The maximum absolute atomic E-state index is 12.7. The summed E-state index contributed by atoms with van der Waals surface area (Å²) in [5, 5.41) is 3.75. The summed E-state index contributed by atoms with van der Waals surface area (Å²) in [6, 6.07) is 17.9. The minimum absolute atomic E-state index is 0.0186. The lowest BCUT2D eigenvalue weighted by atomic mass is 10.1. The molecule has 2 amide bonds. The number of aromatic amines is 1. The van der Waals surface area contributed by atoms with Crippen LogP contribution in [0, 0.1) is 5.92 Å². The number of fused-ring (bicyclic) bond motifs is 1. The lowest BCUT2D eigenvalue weighted by molar-refractivity contribution is 0.133. The van der Waals surface area contributed by atoms with Crippen molar-refractivity contribution in [1.82, 2.24) is 25.1 Å². The highest BCUT2D eigenvalue weighted by atomic mass is 16.2. The van der Waals surface area contributed by atoms with Gasteiger partial charge in [-0.25, -0.2) is 9.78 Å². The number of carbonyl (C=O) groups is 1. The fourth-order valence-electron chi connectivity index (χ4n) is 4.75. The highest BCUT2D eigenvalue weighted by Crippen LogP contribution is 2.23. The Balaban J connectivity index is 1.08. The Kier molecular flexibility index (Phi) is 6.26. The van der Waals surface area contributed by atoms with E-state index >= 15 is 0 Å². The molecule has 2 N–H and O–H groups in total. The number of anilines is 1. The third kappa shape index (κ3) is 5.01. The first-order chi connectivity index (χ1) is 16.2. The minimum atomic E-state index is -0.105.